The molecule has 2 fully saturated rings. The molecular weight excluding hydrogens is 362 g/mol. The SMILES string of the molecule is COc1ccc2c(c1)[C@]13CCN[C@H](C2)[C@]1(O)CCN(CCc1ccccn1)CC3. The number of hydrogen-bond acceptors (Lipinski definition) is 5. The van der Waals surface area contributed by atoms with E-state index in [1.165, 1.54) is 11.1 Å². The van der Waals surface area contributed by atoms with E-state index >= 15 is 0 Å². The van der Waals surface area contributed by atoms with Gasteiger partial charge in [0.15, 0.2) is 0 Å². The number of ether oxygens (including phenoxy) is 1. The van der Waals surface area contributed by atoms with Crippen molar-refractivity contribution in [3.05, 3.63) is 59.4 Å². The van der Waals surface area contributed by atoms with Crippen molar-refractivity contribution in [2.24, 2.45) is 0 Å². The van der Waals surface area contributed by atoms with Crippen molar-refractivity contribution in [3.63, 3.8) is 0 Å². The van der Waals surface area contributed by atoms with Crippen molar-refractivity contribution in [3.8, 4) is 5.75 Å². The highest BCUT2D eigenvalue weighted by molar-refractivity contribution is 5.48. The summed E-state index contributed by atoms with van der Waals surface area (Å²) < 4.78 is 5.55. The van der Waals surface area contributed by atoms with Crippen LogP contribution in [0.2, 0.25) is 0 Å². The van der Waals surface area contributed by atoms with E-state index in [0.29, 0.717) is 0 Å². The van der Waals surface area contributed by atoms with Crippen LogP contribution in [0.4, 0.5) is 0 Å². The van der Waals surface area contributed by atoms with Gasteiger partial charge in [-0.3, -0.25) is 4.98 Å². The van der Waals surface area contributed by atoms with E-state index in [1.807, 2.05) is 12.3 Å². The lowest BCUT2D eigenvalue weighted by molar-refractivity contribution is -0.102. The molecule has 2 N–H and O–H groups in total. The fourth-order valence-corrected chi connectivity index (χ4v) is 6.03. The topological polar surface area (TPSA) is 57.6 Å². The van der Waals surface area contributed by atoms with Crippen LogP contribution < -0.4 is 10.1 Å². The number of nitrogens with one attached hydrogen (secondary N) is 1. The maximum absolute atomic E-state index is 12.1. The molecule has 29 heavy (non-hydrogen) atoms. The highest BCUT2D eigenvalue weighted by atomic mass is 16.5. The molecule has 0 radical (unpaired) electrons. The van der Waals surface area contributed by atoms with Gasteiger partial charge in [0.25, 0.3) is 0 Å². The lowest BCUT2D eigenvalue weighted by Crippen LogP contribution is -2.70. The molecule has 2 bridgehead atoms. The molecule has 0 spiro atoms. The van der Waals surface area contributed by atoms with Gasteiger partial charge in [0.2, 0.25) is 0 Å². The first-order valence-electron chi connectivity index (χ1n) is 10.9. The number of aliphatic hydroxyl groups is 1. The van der Waals surface area contributed by atoms with Crippen LogP contribution in [-0.2, 0) is 18.3 Å². The number of piperidine rings is 1. The molecule has 1 aromatic heterocycles. The number of rotatable bonds is 4. The Hall–Kier alpha value is -1.95. The quantitative estimate of drug-likeness (QED) is 0.835. The van der Waals surface area contributed by atoms with Crippen molar-refractivity contribution in [1.29, 1.82) is 0 Å². The molecule has 3 aliphatic rings. The van der Waals surface area contributed by atoms with Crippen LogP contribution >= 0.6 is 0 Å². The largest absolute Gasteiger partial charge is 0.497 e. The Bertz CT molecular complexity index is 874. The summed E-state index contributed by atoms with van der Waals surface area (Å²) in [6.07, 6.45) is 6.50. The summed E-state index contributed by atoms with van der Waals surface area (Å²) in [6.45, 7) is 3.91. The van der Waals surface area contributed by atoms with Gasteiger partial charge in [0, 0.05) is 42.9 Å². The number of pyridine rings is 1. The van der Waals surface area contributed by atoms with Gasteiger partial charge in [-0.1, -0.05) is 12.1 Å². The maximum atomic E-state index is 12.1. The molecule has 2 aliphatic heterocycles. The zero-order chi connectivity index (χ0) is 19.9. The second-order valence-corrected chi connectivity index (χ2v) is 8.90. The number of benzene rings is 1. The summed E-state index contributed by atoms with van der Waals surface area (Å²) >= 11 is 0. The van der Waals surface area contributed by atoms with Crippen LogP contribution in [-0.4, -0.2) is 59.9 Å². The Morgan fingerprint density at radius 1 is 1.21 bits per heavy atom. The predicted molar refractivity (Wildman–Crippen MR) is 113 cm³/mol. The lowest BCUT2D eigenvalue weighted by Gasteiger charge is -2.58. The smallest absolute Gasteiger partial charge is 0.119 e. The number of likely N-dealkylation sites (tertiary alicyclic amines) is 1. The Kier molecular flexibility index (Phi) is 4.85. The molecule has 154 valence electrons. The molecule has 1 aromatic carbocycles. The first kappa shape index (κ1) is 19.0. The maximum Gasteiger partial charge on any atom is 0.119 e. The molecule has 1 aliphatic carbocycles. The van der Waals surface area contributed by atoms with Crippen molar-refractivity contribution in [2.45, 2.75) is 49.2 Å². The average Bonchev–Trinajstić information content (AvgIpc) is 2.91. The van der Waals surface area contributed by atoms with Gasteiger partial charge in [0.05, 0.1) is 12.7 Å². The fraction of sp³-hybridized carbons (Fsp3) is 0.542. The minimum atomic E-state index is -0.704. The molecule has 0 amide bonds. The lowest BCUT2D eigenvalue weighted by atomic mass is 9.53. The third-order valence-corrected chi connectivity index (χ3v) is 7.68. The van der Waals surface area contributed by atoms with E-state index in [2.05, 4.69) is 45.5 Å². The third kappa shape index (κ3) is 3.07. The van der Waals surface area contributed by atoms with Gasteiger partial charge >= 0.3 is 0 Å². The van der Waals surface area contributed by atoms with Crippen molar-refractivity contribution < 1.29 is 9.84 Å². The minimum Gasteiger partial charge on any atom is -0.497 e. The van der Waals surface area contributed by atoms with Crippen LogP contribution in [0.1, 0.15) is 36.1 Å². The number of methoxy groups -OCH3 is 1. The molecule has 3 atom stereocenters. The number of nitrogens with zero attached hydrogens (tertiary/aromatic N) is 2. The first-order chi connectivity index (χ1) is 14.1. The van der Waals surface area contributed by atoms with Gasteiger partial charge < -0.3 is 20.1 Å². The van der Waals surface area contributed by atoms with Crippen LogP contribution in [0, 0.1) is 0 Å². The van der Waals surface area contributed by atoms with Crippen LogP contribution in [0.25, 0.3) is 0 Å². The number of hydrogen-bond donors (Lipinski definition) is 2. The fourth-order valence-electron chi connectivity index (χ4n) is 6.03. The Balaban J connectivity index is 1.44. The summed E-state index contributed by atoms with van der Waals surface area (Å²) in [5.74, 6) is 0.897. The Morgan fingerprint density at radius 2 is 2.10 bits per heavy atom. The van der Waals surface area contributed by atoms with Crippen molar-refractivity contribution >= 4 is 0 Å². The normalized spacial score (nSPS) is 31.4. The van der Waals surface area contributed by atoms with Crippen LogP contribution in [0.15, 0.2) is 42.6 Å². The van der Waals surface area contributed by atoms with Crippen LogP contribution in [0.3, 0.4) is 0 Å². The number of aromatic nitrogens is 1. The summed E-state index contributed by atoms with van der Waals surface area (Å²) in [4.78, 5) is 7.00. The van der Waals surface area contributed by atoms with E-state index in [4.69, 9.17) is 4.74 Å². The van der Waals surface area contributed by atoms with Gasteiger partial charge in [0.1, 0.15) is 5.75 Å². The van der Waals surface area contributed by atoms with Crippen LogP contribution in [0.5, 0.6) is 5.75 Å². The number of fused-ring (bicyclic) bond motifs is 1. The Morgan fingerprint density at radius 3 is 2.93 bits per heavy atom. The zero-order valence-electron chi connectivity index (χ0n) is 17.2. The minimum absolute atomic E-state index is 0.132. The monoisotopic (exact) mass is 393 g/mol. The van der Waals surface area contributed by atoms with E-state index in [0.717, 1.165) is 69.7 Å². The van der Waals surface area contributed by atoms with Gasteiger partial charge in [-0.2, -0.15) is 0 Å². The van der Waals surface area contributed by atoms with Crippen molar-refractivity contribution in [1.82, 2.24) is 15.2 Å². The average molecular weight is 394 g/mol. The molecule has 2 aromatic rings. The van der Waals surface area contributed by atoms with Gasteiger partial charge in [-0.15, -0.1) is 0 Å². The van der Waals surface area contributed by atoms with Gasteiger partial charge in [-0.05, 0) is 74.2 Å². The molecular formula is C24H31N3O2. The highest BCUT2D eigenvalue weighted by Crippen LogP contribution is 2.54. The molecule has 5 heteroatoms. The second-order valence-electron chi connectivity index (χ2n) is 8.90. The van der Waals surface area contributed by atoms with E-state index in [1.54, 1.807) is 7.11 Å². The molecule has 5 nitrogen and oxygen atoms in total. The molecule has 0 saturated carbocycles. The molecule has 0 unspecified atom stereocenters. The third-order valence-electron chi connectivity index (χ3n) is 7.68. The standard InChI is InChI=1S/C24H31N3O2/c1-29-20-6-5-18-16-22-24(28)10-15-27(13-7-19-4-2-3-11-25-19)14-9-23(24,8-12-26-22)21(18)17-20/h2-6,11,17,22,26,28H,7-10,12-16H2,1H3/t22-,23-,24-/m1/s1. The van der Waals surface area contributed by atoms with E-state index in [9.17, 15) is 5.11 Å². The summed E-state index contributed by atoms with van der Waals surface area (Å²) in [6, 6.07) is 12.7. The zero-order valence-corrected chi connectivity index (χ0v) is 17.2. The highest BCUT2D eigenvalue weighted by Gasteiger charge is 2.61. The first-order valence-corrected chi connectivity index (χ1v) is 10.9. The second kappa shape index (κ2) is 7.38. The summed E-state index contributed by atoms with van der Waals surface area (Å²) in [5, 5.41) is 15.8. The van der Waals surface area contributed by atoms with Gasteiger partial charge in [-0.25, -0.2) is 0 Å². The Labute approximate surface area is 173 Å². The predicted octanol–water partition coefficient (Wildman–Crippen LogP) is 2.32. The summed E-state index contributed by atoms with van der Waals surface area (Å²) in [7, 11) is 1.73. The van der Waals surface area contributed by atoms with E-state index < -0.39 is 5.60 Å². The molecule has 5 rings (SSSR count). The van der Waals surface area contributed by atoms with Crippen molar-refractivity contribution in [2.75, 3.05) is 33.3 Å². The van der Waals surface area contributed by atoms with E-state index in [-0.39, 0.29) is 11.5 Å². The summed E-state index contributed by atoms with van der Waals surface area (Å²) in [5.41, 5.74) is 2.94. The molecule has 2 saturated heterocycles. The molecule has 3 heterocycles.